The Morgan fingerprint density at radius 3 is 2.84 bits per heavy atom. The smallest absolute Gasteiger partial charge is 0.166 e. The molecule has 2 heterocycles. The van der Waals surface area contributed by atoms with Crippen LogP contribution < -0.4 is 4.72 Å². The third-order valence-corrected chi connectivity index (χ3v) is 5.32. The van der Waals surface area contributed by atoms with Gasteiger partial charge in [-0.15, -0.1) is 0 Å². The van der Waals surface area contributed by atoms with Gasteiger partial charge in [0.25, 0.3) is 0 Å². The fraction of sp³-hybridized carbons (Fsp3) is 0.235. The fourth-order valence-corrected chi connectivity index (χ4v) is 3.75. The number of anilines is 1. The van der Waals surface area contributed by atoms with Crippen LogP contribution in [0.4, 0.5) is 10.1 Å². The second-order valence-electron chi connectivity index (χ2n) is 5.74. The van der Waals surface area contributed by atoms with Crippen molar-refractivity contribution >= 4 is 28.1 Å². The van der Waals surface area contributed by atoms with Crippen LogP contribution in [0.25, 0.3) is 22.2 Å². The maximum absolute atomic E-state index is 13.5. The van der Waals surface area contributed by atoms with Gasteiger partial charge in [-0.25, -0.2) is 4.39 Å². The molecule has 1 aromatic heterocycles. The number of aromatic nitrogens is 2. The molecule has 2 N–H and O–H groups in total. The van der Waals surface area contributed by atoms with E-state index in [1.165, 1.54) is 12.1 Å². The lowest BCUT2D eigenvalue weighted by atomic mass is 10.1. The van der Waals surface area contributed by atoms with E-state index in [1.54, 1.807) is 6.07 Å². The van der Waals surface area contributed by atoms with Crippen LogP contribution in [-0.4, -0.2) is 45.4 Å². The summed E-state index contributed by atoms with van der Waals surface area (Å²) in [5.41, 5.74) is 2.91. The molecule has 2 aromatic carbocycles. The van der Waals surface area contributed by atoms with Gasteiger partial charge in [-0.3, -0.25) is 5.10 Å². The predicted molar refractivity (Wildman–Crippen MR) is 95.6 cm³/mol. The summed E-state index contributed by atoms with van der Waals surface area (Å²) in [5, 5.41) is 8.08. The first kappa shape index (κ1) is 16.3. The van der Waals surface area contributed by atoms with E-state index in [2.05, 4.69) is 14.9 Å². The summed E-state index contributed by atoms with van der Waals surface area (Å²) in [6, 6.07) is 11.9. The van der Waals surface area contributed by atoms with Gasteiger partial charge in [0.2, 0.25) is 0 Å². The zero-order valence-electron chi connectivity index (χ0n) is 13.4. The second kappa shape index (κ2) is 7.01. The van der Waals surface area contributed by atoms with Crippen molar-refractivity contribution in [3.63, 3.8) is 0 Å². The number of nitrogens with one attached hydrogen (secondary N) is 2. The molecule has 4 rings (SSSR count). The maximum atomic E-state index is 13.5. The van der Waals surface area contributed by atoms with Crippen molar-refractivity contribution < 1.29 is 13.7 Å². The third-order valence-electron chi connectivity index (χ3n) is 4.07. The summed E-state index contributed by atoms with van der Waals surface area (Å²) in [6.45, 7) is 2.42. The number of halogens is 1. The molecular weight excluding hydrogens is 343 g/mol. The SMILES string of the molecule is [O-][S+](Nc1ccc2[nH]nc(-c3cccc(F)c3)c2c1)N1CCOCC1. The molecular formula is C17H17FN4O2S. The average Bonchev–Trinajstić information content (AvgIpc) is 3.06. The van der Waals surface area contributed by atoms with Crippen LogP contribution in [0.3, 0.4) is 0 Å². The van der Waals surface area contributed by atoms with E-state index in [1.807, 2.05) is 28.6 Å². The number of hydrogen-bond donors (Lipinski definition) is 2. The minimum Gasteiger partial charge on any atom is -0.573 e. The van der Waals surface area contributed by atoms with Crippen molar-refractivity contribution in [1.82, 2.24) is 14.5 Å². The minimum atomic E-state index is -1.33. The van der Waals surface area contributed by atoms with Crippen LogP contribution >= 0.6 is 0 Å². The molecule has 0 amide bonds. The molecule has 6 nitrogen and oxygen atoms in total. The summed E-state index contributed by atoms with van der Waals surface area (Å²) >= 11 is -1.33. The van der Waals surface area contributed by atoms with E-state index < -0.39 is 11.5 Å². The summed E-state index contributed by atoms with van der Waals surface area (Å²) in [5.74, 6) is -0.309. The summed E-state index contributed by atoms with van der Waals surface area (Å²) in [4.78, 5) is 0. The monoisotopic (exact) mass is 360 g/mol. The van der Waals surface area contributed by atoms with Crippen molar-refractivity contribution in [2.24, 2.45) is 0 Å². The standard InChI is InChI=1S/C17H17FN4O2S/c18-13-3-1-2-12(10-13)17-15-11-14(4-5-16(15)19-20-17)21-25(23)22-6-8-24-9-7-22/h1-5,10-11,21H,6-9H2,(H,19,20). The molecule has 1 aliphatic heterocycles. The van der Waals surface area contributed by atoms with Crippen LogP contribution in [0.2, 0.25) is 0 Å². The Kier molecular flexibility index (Phi) is 4.58. The first-order valence-electron chi connectivity index (χ1n) is 7.96. The van der Waals surface area contributed by atoms with Crippen LogP contribution in [0.1, 0.15) is 0 Å². The van der Waals surface area contributed by atoms with Crippen LogP contribution in [-0.2, 0) is 16.3 Å². The zero-order valence-corrected chi connectivity index (χ0v) is 14.2. The number of aromatic amines is 1. The van der Waals surface area contributed by atoms with E-state index in [0.717, 1.165) is 16.6 Å². The highest BCUT2D eigenvalue weighted by atomic mass is 32.2. The van der Waals surface area contributed by atoms with Gasteiger partial charge in [-0.2, -0.15) is 9.82 Å². The molecule has 1 atom stereocenters. The van der Waals surface area contributed by atoms with Gasteiger partial charge in [0.15, 0.2) is 11.5 Å². The predicted octanol–water partition coefficient (Wildman–Crippen LogP) is 2.69. The van der Waals surface area contributed by atoms with Gasteiger partial charge in [0, 0.05) is 10.9 Å². The van der Waals surface area contributed by atoms with E-state index in [0.29, 0.717) is 37.6 Å². The number of rotatable bonds is 4. The lowest BCUT2D eigenvalue weighted by molar-refractivity contribution is 0.0733. The summed E-state index contributed by atoms with van der Waals surface area (Å²) in [7, 11) is 0. The number of fused-ring (bicyclic) bond motifs is 1. The van der Waals surface area contributed by atoms with Crippen molar-refractivity contribution in [3.8, 4) is 11.3 Å². The highest BCUT2D eigenvalue weighted by Crippen LogP contribution is 2.29. The normalized spacial score (nSPS) is 16.9. The molecule has 1 saturated heterocycles. The summed E-state index contributed by atoms with van der Waals surface area (Å²) in [6.07, 6.45) is 0. The van der Waals surface area contributed by atoms with E-state index in [-0.39, 0.29) is 5.82 Å². The Labute approximate surface area is 147 Å². The Morgan fingerprint density at radius 1 is 1.20 bits per heavy atom. The largest absolute Gasteiger partial charge is 0.573 e. The van der Waals surface area contributed by atoms with Gasteiger partial charge in [-0.1, -0.05) is 16.4 Å². The molecule has 1 aliphatic rings. The zero-order chi connectivity index (χ0) is 17.2. The topological polar surface area (TPSA) is 76.2 Å². The Balaban J connectivity index is 1.62. The maximum Gasteiger partial charge on any atom is 0.166 e. The Hall–Kier alpha value is -2.13. The first-order chi connectivity index (χ1) is 12.2. The van der Waals surface area contributed by atoms with Crippen molar-refractivity contribution in [1.29, 1.82) is 0 Å². The molecule has 0 aliphatic carbocycles. The first-order valence-corrected chi connectivity index (χ1v) is 9.07. The average molecular weight is 360 g/mol. The van der Waals surface area contributed by atoms with Crippen LogP contribution in [0.15, 0.2) is 42.5 Å². The van der Waals surface area contributed by atoms with Crippen molar-refractivity contribution in [2.75, 3.05) is 31.0 Å². The van der Waals surface area contributed by atoms with Gasteiger partial charge in [0.05, 0.1) is 37.5 Å². The molecule has 1 fully saturated rings. The van der Waals surface area contributed by atoms with Gasteiger partial charge in [0.1, 0.15) is 11.5 Å². The molecule has 130 valence electrons. The molecule has 0 radical (unpaired) electrons. The molecule has 1 unspecified atom stereocenters. The Morgan fingerprint density at radius 2 is 2.04 bits per heavy atom. The molecule has 0 saturated carbocycles. The quantitative estimate of drug-likeness (QED) is 0.700. The number of H-pyrrole nitrogens is 1. The van der Waals surface area contributed by atoms with Crippen molar-refractivity contribution in [2.45, 2.75) is 0 Å². The summed E-state index contributed by atoms with van der Waals surface area (Å²) < 4.78 is 36.1. The Bertz CT molecular complexity index is 882. The number of ether oxygens (including phenoxy) is 1. The fourth-order valence-electron chi connectivity index (χ4n) is 2.81. The number of morpholine rings is 1. The van der Waals surface area contributed by atoms with Gasteiger partial charge < -0.3 is 9.29 Å². The lowest BCUT2D eigenvalue weighted by Crippen LogP contribution is -2.43. The second-order valence-corrected chi connectivity index (χ2v) is 6.95. The minimum absolute atomic E-state index is 0.309. The molecule has 0 bridgehead atoms. The van der Waals surface area contributed by atoms with Gasteiger partial charge in [-0.05, 0) is 30.3 Å². The van der Waals surface area contributed by atoms with Crippen LogP contribution in [0, 0.1) is 5.82 Å². The molecule has 25 heavy (non-hydrogen) atoms. The van der Waals surface area contributed by atoms with E-state index in [9.17, 15) is 8.94 Å². The molecule has 3 aromatic rings. The van der Waals surface area contributed by atoms with E-state index >= 15 is 0 Å². The number of benzene rings is 2. The van der Waals surface area contributed by atoms with E-state index in [4.69, 9.17) is 4.74 Å². The van der Waals surface area contributed by atoms with Gasteiger partial charge >= 0.3 is 0 Å². The highest BCUT2D eigenvalue weighted by molar-refractivity contribution is 7.90. The number of hydrogen-bond acceptors (Lipinski definition) is 5. The van der Waals surface area contributed by atoms with Crippen molar-refractivity contribution in [3.05, 3.63) is 48.3 Å². The van der Waals surface area contributed by atoms with Crippen LogP contribution in [0.5, 0.6) is 0 Å². The third kappa shape index (κ3) is 3.47. The highest BCUT2D eigenvalue weighted by Gasteiger charge is 2.23. The molecule has 8 heteroatoms. The lowest BCUT2D eigenvalue weighted by Gasteiger charge is -2.26. The molecule has 0 spiro atoms. The number of nitrogens with zero attached hydrogens (tertiary/aromatic N) is 2.